The first kappa shape index (κ1) is 25.9. The highest BCUT2D eigenvalue weighted by molar-refractivity contribution is 5.88. The Morgan fingerprint density at radius 3 is 2.84 bits per heavy atom. The summed E-state index contributed by atoms with van der Waals surface area (Å²) in [6.07, 6.45) is 7.37. The van der Waals surface area contributed by atoms with Crippen LogP contribution >= 0.6 is 0 Å². The van der Waals surface area contributed by atoms with Crippen molar-refractivity contribution in [2.45, 2.75) is 40.0 Å². The second kappa shape index (κ2) is 11.3. The average Bonchev–Trinajstić information content (AvgIpc) is 3.51. The lowest BCUT2D eigenvalue weighted by molar-refractivity contribution is 0.151. The Labute approximate surface area is 215 Å². The standard InChI is InChI=1S/C26H32N8O3/c1-6-21-20-13-16(2)24-18(4)28-31-26(24)37-17(3)14-33(5)15-23-19(7-8-22(20)30-29-21)25(36-12-9-27)32-34(23)10-11-35/h6-8,13,17,35H,1,10-12,14-15H2,2-5H3,(H,28,31)(H,29,30)/b8-7+,16-13+/t17-/m0/s1. The summed E-state index contributed by atoms with van der Waals surface area (Å²) in [7, 11) is 1.99. The van der Waals surface area contributed by atoms with Gasteiger partial charge in [-0.2, -0.15) is 10.4 Å². The minimum Gasteiger partial charge on any atom is -0.472 e. The van der Waals surface area contributed by atoms with Gasteiger partial charge in [0.25, 0.3) is 0 Å². The number of hydrogen-bond donors (Lipinski definition) is 3. The first-order chi connectivity index (χ1) is 17.9. The van der Waals surface area contributed by atoms with Gasteiger partial charge in [-0.05, 0) is 57.7 Å². The van der Waals surface area contributed by atoms with E-state index in [1.165, 1.54) is 0 Å². The van der Waals surface area contributed by atoms with Crippen molar-refractivity contribution in [2.75, 3.05) is 26.8 Å². The minimum atomic E-state index is -0.167. The van der Waals surface area contributed by atoms with Crippen molar-refractivity contribution in [3.05, 3.63) is 46.0 Å². The van der Waals surface area contributed by atoms with E-state index in [-0.39, 0.29) is 19.3 Å². The first-order valence-corrected chi connectivity index (χ1v) is 12.0. The van der Waals surface area contributed by atoms with Crippen LogP contribution in [-0.4, -0.2) is 73.1 Å². The number of fused-ring (bicyclic) bond motifs is 3. The molecule has 0 unspecified atom stereocenters. The van der Waals surface area contributed by atoms with Gasteiger partial charge in [-0.15, -0.1) is 10.2 Å². The molecule has 37 heavy (non-hydrogen) atoms. The monoisotopic (exact) mass is 504 g/mol. The molecule has 3 aromatic heterocycles. The van der Waals surface area contributed by atoms with Crippen LogP contribution in [0.1, 0.15) is 53.3 Å². The maximum absolute atomic E-state index is 9.66. The maximum Gasteiger partial charge on any atom is 0.241 e. The van der Waals surface area contributed by atoms with E-state index in [4.69, 9.17) is 14.7 Å². The number of nitriles is 1. The number of aliphatic hydroxyl groups excluding tert-OH is 1. The van der Waals surface area contributed by atoms with Crippen LogP contribution in [0.5, 0.6) is 11.8 Å². The molecule has 1 aliphatic rings. The lowest BCUT2D eigenvalue weighted by Gasteiger charge is -2.22. The molecule has 0 radical (unpaired) electrons. The maximum atomic E-state index is 9.66. The van der Waals surface area contributed by atoms with Crippen LogP contribution in [0.25, 0.3) is 29.9 Å². The second-order valence-electron chi connectivity index (χ2n) is 9.01. The Morgan fingerprint density at radius 2 is 2.11 bits per heavy atom. The number of aryl methyl sites for hydroxylation is 1. The lowest BCUT2D eigenvalue weighted by Crippen LogP contribution is -2.32. The zero-order chi connectivity index (χ0) is 26.5. The zero-order valence-corrected chi connectivity index (χ0v) is 21.6. The van der Waals surface area contributed by atoms with E-state index in [0.717, 1.165) is 39.3 Å². The van der Waals surface area contributed by atoms with Crippen LogP contribution in [-0.2, 0) is 13.1 Å². The Hall–Kier alpha value is -4.14. The molecule has 4 rings (SSSR count). The molecule has 3 N–H and O–H groups in total. The molecule has 0 saturated carbocycles. The molecule has 11 nitrogen and oxygen atoms in total. The molecule has 1 aliphatic heterocycles. The third kappa shape index (κ3) is 5.50. The van der Waals surface area contributed by atoms with Crippen LogP contribution in [0.15, 0.2) is 6.58 Å². The number of likely N-dealkylation sites (N-methyl/N-ethyl adjacent to an activating group) is 1. The normalized spacial score (nSPS) is 18.6. The van der Waals surface area contributed by atoms with Crippen molar-refractivity contribution < 1.29 is 14.6 Å². The molecule has 0 saturated heterocycles. The van der Waals surface area contributed by atoms with Gasteiger partial charge in [0.05, 0.1) is 41.4 Å². The molecule has 1 atom stereocenters. The van der Waals surface area contributed by atoms with Crippen molar-refractivity contribution in [1.29, 1.82) is 5.26 Å². The Morgan fingerprint density at radius 1 is 1.30 bits per heavy atom. The van der Waals surface area contributed by atoms with E-state index >= 15 is 0 Å². The van der Waals surface area contributed by atoms with Gasteiger partial charge in [0.15, 0.2) is 6.61 Å². The SMILES string of the molecule is C=Cc1n[nH]c2c1/C=C(\C)c1c(n[nH]c1C)O[C@@H](C)CN(C)Cc1c(c(OCC#N)nn1CCO)/C=C/2. The number of rotatable bonds is 5. The molecular formula is C26H32N8O3. The van der Waals surface area contributed by atoms with Crippen LogP contribution in [0.3, 0.4) is 0 Å². The molecule has 0 amide bonds. The second-order valence-corrected chi connectivity index (χ2v) is 9.01. The number of aliphatic hydroxyl groups is 1. The third-order valence-electron chi connectivity index (χ3n) is 6.09. The number of ether oxygens (including phenoxy) is 2. The van der Waals surface area contributed by atoms with Crippen LogP contribution in [0.4, 0.5) is 0 Å². The number of aromatic nitrogens is 6. The number of hydrogen-bond acceptors (Lipinski definition) is 8. The van der Waals surface area contributed by atoms with Crippen molar-refractivity contribution in [3.63, 3.8) is 0 Å². The van der Waals surface area contributed by atoms with Crippen LogP contribution in [0, 0.1) is 18.3 Å². The quantitative estimate of drug-likeness (QED) is 0.481. The Kier molecular flexibility index (Phi) is 7.91. The van der Waals surface area contributed by atoms with Crippen molar-refractivity contribution >= 4 is 29.9 Å². The number of aromatic amines is 2. The predicted octanol–water partition coefficient (Wildman–Crippen LogP) is 3.12. The molecule has 0 aliphatic carbocycles. The summed E-state index contributed by atoms with van der Waals surface area (Å²) in [6, 6.07) is 2.00. The van der Waals surface area contributed by atoms with E-state index < -0.39 is 0 Å². The smallest absolute Gasteiger partial charge is 0.241 e. The van der Waals surface area contributed by atoms with Gasteiger partial charge in [-0.1, -0.05) is 6.58 Å². The zero-order valence-electron chi connectivity index (χ0n) is 21.6. The molecule has 0 fully saturated rings. The summed E-state index contributed by atoms with van der Waals surface area (Å²) in [5.74, 6) is 0.872. The van der Waals surface area contributed by atoms with Gasteiger partial charge in [0, 0.05) is 24.3 Å². The van der Waals surface area contributed by atoms with E-state index in [9.17, 15) is 5.11 Å². The molecule has 0 aromatic carbocycles. The van der Waals surface area contributed by atoms with Gasteiger partial charge < -0.3 is 14.6 Å². The van der Waals surface area contributed by atoms with E-state index in [0.29, 0.717) is 37.1 Å². The third-order valence-corrected chi connectivity index (χ3v) is 6.09. The molecular weight excluding hydrogens is 472 g/mol. The number of nitrogens with zero attached hydrogens (tertiary/aromatic N) is 6. The van der Waals surface area contributed by atoms with E-state index in [1.807, 2.05) is 52.1 Å². The number of nitrogens with one attached hydrogen (secondary N) is 2. The number of H-pyrrole nitrogens is 2. The van der Waals surface area contributed by atoms with Crippen LogP contribution < -0.4 is 9.47 Å². The molecule has 4 heterocycles. The number of allylic oxidation sites excluding steroid dienone is 1. The van der Waals surface area contributed by atoms with Gasteiger partial charge >= 0.3 is 0 Å². The first-order valence-electron chi connectivity index (χ1n) is 12.0. The van der Waals surface area contributed by atoms with E-state index in [1.54, 1.807) is 10.8 Å². The fourth-order valence-corrected chi connectivity index (χ4v) is 4.52. The van der Waals surface area contributed by atoms with Gasteiger partial charge in [0.2, 0.25) is 11.8 Å². The molecule has 0 bridgehead atoms. The molecule has 0 spiro atoms. The summed E-state index contributed by atoms with van der Waals surface area (Å²) in [5, 5.41) is 38.2. The summed E-state index contributed by atoms with van der Waals surface area (Å²) < 4.78 is 13.7. The topological polar surface area (TPSA) is 141 Å². The van der Waals surface area contributed by atoms with Crippen molar-refractivity contribution in [1.82, 2.24) is 35.1 Å². The summed E-state index contributed by atoms with van der Waals surface area (Å²) in [4.78, 5) is 2.11. The summed E-state index contributed by atoms with van der Waals surface area (Å²) in [6.45, 7) is 11.1. The molecule has 194 valence electrons. The van der Waals surface area contributed by atoms with Gasteiger partial charge in [0.1, 0.15) is 12.2 Å². The fraction of sp³-hybridized carbons (Fsp3) is 0.385. The summed E-state index contributed by atoms with van der Waals surface area (Å²) in [5.41, 5.74) is 6.68. The van der Waals surface area contributed by atoms with E-state index in [2.05, 4.69) is 37.0 Å². The highest BCUT2D eigenvalue weighted by Gasteiger charge is 2.22. The summed E-state index contributed by atoms with van der Waals surface area (Å²) >= 11 is 0. The van der Waals surface area contributed by atoms with Crippen molar-refractivity contribution in [2.24, 2.45) is 0 Å². The fourth-order valence-electron chi connectivity index (χ4n) is 4.52. The largest absolute Gasteiger partial charge is 0.472 e. The Balaban J connectivity index is 1.91. The van der Waals surface area contributed by atoms with Crippen molar-refractivity contribution in [3.8, 4) is 17.8 Å². The highest BCUT2D eigenvalue weighted by Crippen LogP contribution is 2.32. The van der Waals surface area contributed by atoms with Gasteiger partial charge in [-0.3, -0.25) is 19.8 Å². The molecule has 3 aromatic rings. The average molecular weight is 505 g/mol. The van der Waals surface area contributed by atoms with Gasteiger partial charge in [-0.25, -0.2) is 0 Å². The Bertz CT molecular complexity index is 1370. The molecule has 11 heteroatoms. The minimum absolute atomic E-state index is 0.0858. The highest BCUT2D eigenvalue weighted by atomic mass is 16.5. The predicted molar refractivity (Wildman–Crippen MR) is 141 cm³/mol. The lowest BCUT2D eigenvalue weighted by atomic mass is 10.0. The van der Waals surface area contributed by atoms with Crippen LogP contribution in [0.2, 0.25) is 0 Å².